The fourth-order valence-electron chi connectivity index (χ4n) is 0.832. The number of hydrogen-bond acceptors (Lipinski definition) is 0. The third kappa shape index (κ3) is 1.61. The van der Waals surface area contributed by atoms with Crippen LogP contribution < -0.4 is 0 Å². The predicted molar refractivity (Wildman–Crippen MR) is 50.8 cm³/mol. The maximum Gasteiger partial charge on any atom is 0.195 e. The second-order valence-electron chi connectivity index (χ2n) is 2.33. The minimum atomic E-state index is -1.61. The molecule has 0 aliphatic heterocycles. The summed E-state index contributed by atoms with van der Waals surface area (Å²) in [5.74, 6) is -5.53. The molecular weight excluding hydrogens is 299 g/mol. The predicted octanol–water partition coefficient (Wildman–Crippen LogP) is 3.12. The molecule has 72 valence electrons. The minimum absolute atomic E-state index is 0.407. The Balaban J connectivity index is 3.66. The van der Waals surface area contributed by atoms with Crippen molar-refractivity contribution in [2.45, 2.75) is 6.92 Å². The van der Waals surface area contributed by atoms with E-state index in [0.29, 0.717) is 0 Å². The minimum Gasteiger partial charge on any atom is -0.205 e. The lowest BCUT2D eigenvalue weighted by atomic mass is 10.2. The van der Waals surface area contributed by atoms with Crippen molar-refractivity contribution in [3.63, 3.8) is 0 Å². The summed E-state index contributed by atoms with van der Waals surface area (Å²) >= 11 is -1.19. The van der Waals surface area contributed by atoms with Gasteiger partial charge in [-0.25, -0.2) is 17.6 Å². The van der Waals surface area contributed by atoms with Gasteiger partial charge in [-0.05, 0) is 6.92 Å². The Kier molecular flexibility index (Phi) is 3.05. The standard InChI is InChI=1S/C8H5F4I/c1-3-4(9)6(11)7(12)8(13-2)5(3)10/h2H2,1H3. The van der Waals surface area contributed by atoms with Gasteiger partial charge < -0.3 is 0 Å². The highest BCUT2D eigenvalue weighted by Crippen LogP contribution is 2.26. The Morgan fingerprint density at radius 1 is 0.923 bits per heavy atom. The van der Waals surface area contributed by atoms with Crippen LogP contribution in [0.3, 0.4) is 0 Å². The first-order valence-corrected chi connectivity index (χ1v) is 5.82. The summed E-state index contributed by atoms with van der Waals surface area (Å²) in [6, 6.07) is 0. The van der Waals surface area contributed by atoms with Gasteiger partial charge in [0, 0.05) is 5.56 Å². The molecule has 0 nitrogen and oxygen atoms in total. The van der Waals surface area contributed by atoms with Crippen LogP contribution >= 0.6 is 20.7 Å². The van der Waals surface area contributed by atoms with E-state index in [1.54, 1.807) is 0 Å². The Labute approximate surface area is 82.3 Å². The van der Waals surface area contributed by atoms with Gasteiger partial charge in [-0.2, -0.15) is 0 Å². The highest BCUT2D eigenvalue weighted by molar-refractivity contribution is 14.2. The van der Waals surface area contributed by atoms with E-state index in [2.05, 4.69) is 4.51 Å². The molecule has 0 unspecified atom stereocenters. The summed E-state index contributed by atoms with van der Waals surface area (Å²) in [4.78, 5) is 0. The molecule has 0 amide bonds. The van der Waals surface area contributed by atoms with E-state index < -0.39 is 53.1 Å². The van der Waals surface area contributed by atoms with Gasteiger partial charge >= 0.3 is 0 Å². The zero-order valence-electron chi connectivity index (χ0n) is 6.60. The van der Waals surface area contributed by atoms with Crippen LogP contribution in [0.15, 0.2) is 0 Å². The summed E-state index contributed by atoms with van der Waals surface area (Å²) in [5.41, 5.74) is -0.489. The molecule has 1 aromatic carbocycles. The summed E-state index contributed by atoms with van der Waals surface area (Å²) < 4.78 is 54.2. The van der Waals surface area contributed by atoms with Crippen LogP contribution in [0.25, 0.3) is 0 Å². The monoisotopic (exact) mass is 304 g/mol. The molecule has 0 saturated carbocycles. The number of hydrogen-bond donors (Lipinski definition) is 0. The van der Waals surface area contributed by atoms with Crippen molar-refractivity contribution in [3.05, 3.63) is 32.4 Å². The van der Waals surface area contributed by atoms with Gasteiger partial charge in [-0.3, -0.25) is 0 Å². The van der Waals surface area contributed by atoms with Crippen LogP contribution in [0.2, 0.25) is 0 Å². The molecule has 0 saturated heterocycles. The fourth-order valence-corrected chi connectivity index (χ4v) is 2.14. The normalized spacial score (nSPS) is 10.5. The van der Waals surface area contributed by atoms with Crippen molar-refractivity contribution in [3.8, 4) is 0 Å². The number of halogens is 5. The summed E-state index contributed by atoms with van der Waals surface area (Å²) in [6.07, 6.45) is 0. The second kappa shape index (κ2) is 3.73. The van der Waals surface area contributed by atoms with E-state index >= 15 is 0 Å². The topological polar surface area (TPSA) is 0 Å². The molecule has 1 aromatic rings. The van der Waals surface area contributed by atoms with E-state index in [1.165, 1.54) is 0 Å². The highest BCUT2D eigenvalue weighted by Gasteiger charge is 2.21. The molecule has 0 bridgehead atoms. The molecule has 0 heterocycles. The molecule has 5 heteroatoms. The summed E-state index contributed by atoms with van der Waals surface area (Å²) in [6.45, 7) is 1.07. The average Bonchev–Trinajstić information content (AvgIpc) is 2.13. The Morgan fingerprint density at radius 2 is 1.46 bits per heavy atom. The van der Waals surface area contributed by atoms with Gasteiger partial charge in [0.1, 0.15) is 5.82 Å². The van der Waals surface area contributed by atoms with E-state index in [0.717, 1.165) is 6.92 Å². The number of rotatable bonds is 1. The van der Waals surface area contributed by atoms with Gasteiger partial charge in [0.05, 0.1) is 3.57 Å². The van der Waals surface area contributed by atoms with Crippen LogP contribution in [0.5, 0.6) is 0 Å². The Bertz CT molecular complexity index is 344. The lowest BCUT2D eigenvalue weighted by Gasteiger charge is -2.04. The largest absolute Gasteiger partial charge is 0.205 e. The molecule has 1 rings (SSSR count). The molecule has 0 aliphatic rings. The molecule has 13 heavy (non-hydrogen) atoms. The van der Waals surface area contributed by atoms with Crippen molar-refractivity contribution >= 4 is 25.2 Å². The van der Waals surface area contributed by atoms with Crippen molar-refractivity contribution in [2.75, 3.05) is 0 Å². The van der Waals surface area contributed by atoms with E-state index in [4.69, 9.17) is 0 Å². The van der Waals surface area contributed by atoms with Crippen LogP contribution in [0, 0.1) is 33.8 Å². The van der Waals surface area contributed by atoms with E-state index in [-0.39, 0.29) is 0 Å². The van der Waals surface area contributed by atoms with Crippen molar-refractivity contribution < 1.29 is 17.6 Å². The van der Waals surface area contributed by atoms with Crippen LogP contribution in [-0.2, 0) is 0 Å². The first kappa shape index (κ1) is 10.6. The SMILES string of the molecule is C=Ic1c(F)c(C)c(F)c(F)c1F. The fraction of sp³-hybridized carbons (Fsp3) is 0.125. The number of benzene rings is 1. The maximum atomic E-state index is 13.0. The average molecular weight is 304 g/mol. The third-order valence-corrected chi connectivity index (χ3v) is 3.27. The van der Waals surface area contributed by atoms with Crippen LogP contribution in [-0.4, -0.2) is 4.51 Å². The highest BCUT2D eigenvalue weighted by atomic mass is 127. The van der Waals surface area contributed by atoms with Gasteiger partial charge in [0.2, 0.25) is 0 Å². The van der Waals surface area contributed by atoms with Crippen molar-refractivity contribution in [2.24, 2.45) is 0 Å². The first-order valence-electron chi connectivity index (χ1n) is 3.21. The van der Waals surface area contributed by atoms with Gasteiger partial charge in [0.25, 0.3) is 0 Å². The van der Waals surface area contributed by atoms with Gasteiger partial charge in [-0.15, -0.1) is 0 Å². The quantitative estimate of drug-likeness (QED) is 0.324. The van der Waals surface area contributed by atoms with Crippen LogP contribution in [0.4, 0.5) is 17.6 Å². The lowest BCUT2D eigenvalue weighted by Crippen LogP contribution is -2.02. The summed E-state index contributed by atoms with van der Waals surface area (Å²) in [5, 5.41) is 0. The van der Waals surface area contributed by atoms with E-state index in [9.17, 15) is 17.6 Å². The molecule has 0 N–H and O–H groups in total. The van der Waals surface area contributed by atoms with Crippen molar-refractivity contribution in [1.29, 1.82) is 0 Å². The van der Waals surface area contributed by atoms with E-state index in [1.807, 2.05) is 0 Å². The zero-order chi connectivity index (χ0) is 10.2. The molecule has 0 aromatic heterocycles. The zero-order valence-corrected chi connectivity index (χ0v) is 8.75. The van der Waals surface area contributed by atoms with Crippen molar-refractivity contribution in [1.82, 2.24) is 0 Å². The molecular formula is C8H5F4I. The van der Waals surface area contributed by atoms with Gasteiger partial charge in [-0.1, -0.05) is 25.2 Å². The molecule has 0 fully saturated rings. The maximum absolute atomic E-state index is 13.0. The Morgan fingerprint density at radius 3 is 1.92 bits per heavy atom. The molecule has 0 atom stereocenters. The molecule has 0 aliphatic carbocycles. The van der Waals surface area contributed by atoms with Gasteiger partial charge in [0.15, 0.2) is 17.5 Å². The Hall–Kier alpha value is -0.460. The third-order valence-electron chi connectivity index (χ3n) is 1.56. The molecule has 0 radical (unpaired) electrons. The first-order chi connectivity index (χ1) is 6.00. The van der Waals surface area contributed by atoms with Crippen LogP contribution in [0.1, 0.15) is 5.56 Å². The lowest BCUT2D eigenvalue weighted by molar-refractivity contribution is 0.423. The summed E-state index contributed by atoms with van der Waals surface area (Å²) in [7, 11) is 0. The second-order valence-corrected chi connectivity index (χ2v) is 4.17. The molecule has 0 spiro atoms. The smallest absolute Gasteiger partial charge is 0.195 e.